The van der Waals surface area contributed by atoms with Crippen molar-refractivity contribution in [3.8, 4) is 17.2 Å². The summed E-state index contributed by atoms with van der Waals surface area (Å²) in [5, 5.41) is 0.596. The Balaban J connectivity index is 1.95. The molecule has 2 aromatic rings. The number of halogens is 1. The Kier molecular flexibility index (Phi) is 5.67. The smallest absolute Gasteiger partial charge is 0.349 e. The summed E-state index contributed by atoms with van der Waals surface area (Å²) in [7, 11) is 0. The van der Waals surface area contributed by atoms with E-state index in [-0.39, 0.29) is 6.61 Å². The van der Waals surface area contributed by atoms with Gasteiger partial charge < -0.3 is 14.2 Å². The Morgan fingerprint density at radius 3 is 2.36 bits per heavy atom. The first-order chi connectivity index (χ1) is 10.6. The second-order valence-electron chi connectivity index (χ2n) is 4.55. The maximum atomic E-state index is 11.9. The normalized spacial score (nSPS) is 10.1. The number of ether oxygens (including phenoxy) is 3. The Bertz CT molecular complexity index is 655. The van der Waals surface area contributed by atoms with Gasteiger partial charge in [-0.15, -0.1) is 0 Å². The number of hydrogen-bond donors (Lipinski definition) is 0. The molecule has 0 aromatic heterocycles. The van der Waals surface area contributed by atoms with Crippen LogP contribution in [0.4, 0.5) is 0 Å². The van der Waals surface area contributed by atoms with Crippen LogP contribution in [0.1, 0.15) is 12.5 Å². The van der Waals surface area contributed by atoms with Crippen LogP contribution in [-0.2, 0) is 4.79 Å². The third-order valence-corrected chi connectivity index (χ3v) is 3.09. The Morgan fingerprint density at radius 2 is 1.73 bits per heavy atom. The predicted octanol–water partition coefficient (Wildman–Crippen LogP) is 4.03. The fourth-order valence-electron chi connectivity index (χ4n) is 1.86. The van der Waals surface area contributed by atoms with Crippen LogP contribution < -0.4 is 14.2 Å². The van der Waals surface area contributed by atoms with E-state index >= 15 is 0 Å². The summed E-state index contributed by atoms with van der Waals surface area (Å²) in [6.07, 6.45) is 0. The monoisotopic (exact) mass is 320 g/mol. The fraction of sp³-hybridized carbons (Fsp3) is 0.235. The van der Waals surface area contributed by atoms with Gasteiger partial charge in [0, 0.05) is 5.02 Å². The lowest BCUT2D eigenvalue weighted by atomic mass is 10.2. The molecule has 0 unspecified atom stereocenters. The molecule has 0 aliphatic heterocycles. The summed E-state index contributed by atoms with van der Waals surface area (Å²) in [6, 6.07) is 12.2. The summed E-state index contributed by atoms with van der Waals surface area (Å²) < 4.78 is 16.1. The van der Waals surface area contributed by atoms with Crippen LogP contribution in [-0.4, -0.2) is 19.2 Å². The minimum Gasteiger partial charge on any atom is -0.490 e. The lowest BCUT2D eigenvalue weighted by Gasteiger charge is -2.12. The van der Waals surface area contributed by atoms with E-state index in [1.165, 1.54) is 0 Å². The highest BCUT2D eigenvalue weighted by Crippen LogP contribution is 2.26. The highest BCUT2D eigenvalue weighted by atomic mass is 35.5. The number of benzene rings is 2. The highest BCUT2D eigenvalue weighted by Gasteiger charge is 2.11. The van der Waals surface area contributed by atoms with Crippen molar-refractivity contribution in [2.24, 2.45) is 0 Å². The highest BCUT2D eigenvalue weighted by molar-refractivity contribution is 6.30. The van der Waals surface area contributed by atoms with E-state index in [9.17, 15) is 4.79 Å². The summed E-state index contributed by atoms with van der Waals surface area (Å²) >= 11 is 5.86. The van der Waals surface area contributed by atoms with Gasteiger partial charge in [0.2, 0.25) is 0 Å². The third-order valence-electron chi connectivity index (χ3n) is 2.86. The molecule has 116 valence electrons. The number of carbonyl (C=O) groups is 1. The SMILES string of the molecule is CCOc1ccccc1OCC(=O)Oc1ccc(Cl)cc1C. The van der Waals surface area contributed by atoms with E-state index in [0.717, 1.165) is 5.56 Å². The molecule has 0 aliphatic rings. The van der Waals surface area contributed by atoms with Crippen LogP contribution >= 0.6 is 11.6 Å². The maximum absolute atomic E-state index is 11.9. The molecule has 2 aromatic carbocycles. The molecule has 0 amide bonds. The number of carbonyl (C=O) groups excluding carboxylic acids is 1. The van der Waals surface area contributed by atoms with E-state index in [1.807, 2.05) is 26.0 Å². The summed E-state index contributed by atoms with van der Waals surface area (Å²) in [5.41, 5.74) is 0.788. The van der Waals surface area contributed by atoms with Gasteiger partial charge in [-0.05, 0) is 49.7 Å². The van der Waals surface area contributed by atoms with Gasteiger partial charge in [-0.2, -0.15) is 0 Å². The van der Waals surface area contributed by atoms with Crippen LogP contribution in [0.25, 0.3) is 0 Å². The van der Waals surface area contributed by atoms with E-state index in [4.69, 9.17) is 25.8 Å². The van der Waals surface area contributed by atoms with Crippen molar-refractivity contribution in [1.29, 1.82) is 0 Å². The minimum atomic E-state index is -0.489. The van der Waals surface area contributed by atoms with Gasteiger partial charge in [-0.25, -0.2) is 4.79 Å². The molecule has 0 aliphatic carbocycles. The van der Waals surface area contributed by atoms with Gasteiger partial charge >= 0.3 is 5.97 Å². The molecule has 0 saturated carbocycles. The van der Waals surface area contributed by atoms with Crippen molar-refractivity contribution in [3.05, 3.63) is 53.1 Å². The van der Waals surface area contributed by atoms with Gasteiger partial charge in [0.25, 0.3) is 0 Å². The van der Waals surface area contributed by atoms with Crippen LogP contribution in [0.5, 0.6) is 17.2 Å². The maximum Gasteiger partial charge on any atom is 0.349 e. The van der Waals surface area contributed by atoms with Crippen molar-refractivity contribution in [3.63, 3.8) is 0 Å². The van der Waals surface area contributed by atoms with Crippen LogP contribution in [0, 0.1) is 6.92 Å². The molecule has 0 atom stereocenters. The van der Waals surface area contributed by atoms with Gasteiger partial charge in [0.05, 0.1) is 6.61 Å². The lowest BCUT2D eigenvalue weighted by molar-refractivity contribution is -0.136. The Morgan fingerprint density at radius 1 is 1.05 bits per heavy atom. The van der Waals surface area contributed by atoms with Gasteiger partial charge in [0.15, 0.2) is 18.1 Å². The van der Waals surface area contributed by atoms with Gasteiger partial charge in [0.1, 0.15) is 5.75 Å². The van der Waals surface area contributed by atoms with Crippen LogP contribution in [0.3, 0.4) is 0 Å². The number of esters is 1. The van der Waals surface area contributed by atoms with Crippen molar-refractivity contribution in [2.45, 2.75) is 13.8 Å². The second-order valence-corrected chi connectivity index (χ2v) is 4.99. The molecule has 5 heteroatoms. The van der Waals surface area contributed by atoms with Gasteiger partial charge in [-0.3, -0.25) is 0 Å². The molecule has 0 N–H and O–H groups in total. The molecule has 22 heavy (non-hydrogen) atoms. The zero-order valence-electron chi connectivity index (χ0n) is 12.5. The first-order valence-electron chi connectivity index (χ1n) is 6.91. The van der Waals surface area contributed by atoms with E-state index < -0.39 is 5.97 Å². The quantitative estimate of drug-likeness (QED) is 0.595. The molecule has 0 fully saturated rings. The van der Waals surface area contributed by atoms with Crippen LogP contribution in [0.2, 0.25) is 5.02 Å². The predicted molar refractivity (Wildman–Crippen MR) is 84.9 cm³/mol. The number of para-hydroxylation sites is 2. The summed E-state index contributed by atoms with van der Waals surface area (Å²) in [6.45, 7) is 4.02. The third kappa shape index (κ3) is 4.40. The van der Waals surface area contributed by atoms with Gasteiger partial charge in [-0.1, -0.05) is 23.7 Å². The van der Waals surface area contributed by atoms with Crippen molar-refractivity contribution < 1.29 is 19.0 Å². The second kappa shape index (κ2) is 7.71. The van der Waals surface area contributed by atoms with Crippen molar-refractivity contribution in [1.82, 2.24) is 0 Å². The molecular formula is C17H17ClO4. The molecule has 0 saturated heterocycles. The first-order valence-corrected chi connectivity index (χ1v) is 7.29. The summed E-state index contributed by atoms with van der Waals surface area (Å²) in [5.74, 6) is 1.09. The Hall–Kier alpha value is -2.20. The minimum absolute atomic E-state index is 0.202. The first kappa shape index (κ1) is 16.2. The zero-order chi connectivity index (χ0) is 15.9. The van der Waals surface area contributed by atoms with E-state index in [0.29, 0.717) is 28.9 Å². The Labute approximate surface area is 134 Å². The van der Waals surface area contributed by atoms with Crippen LogP contribution in [0.15, 0.2) is 42.5 Å². The average molecular weight is 321 g/mol. The molecular weight excluding hydrogens is 304 g/mol. The molecule has 0 heterocycles. The number of hydrogen-bond acceptors (Lipinski definition) is 4. The number of aryl methyl sites for hydroxylation is 1. The van der Waals surface area contributed by atoms with Crippen molar-refractivity contribution in [2.75, 3.05) is 13.2 Å². The molecule has 0 radical (unpaired) electrons. The van der Waals surface area contributed by atoms with E-state index in [1.54, 1.807) is 30.3 Å². The molecule has 0 bridgehead atoms. The number of rotatable bonds is 6. The topological polar surface area (TPSA) is 44.8 Å². The molecule has 0 spiro atoms. The molecule has 4 nitrogen and oxygen atoms in total. The molecule has 2 rings (SSSR count). The van der Waals surface area contributed by atoms with E-state index in [2.05, 4.69) is 0 Å². The lowest BCUT2D eigenvalue weighted by Crippen LogP contribution is -2.18. The zero-order valence-corrected chi connectivity index (χ0v) is 13.2. The summed E-state index contributed by atoms with van der Waals surface area (Å²) in [4.78, 5) is 11.9. The standard InChI is InChI=1S/C17H17ClO4/c1-3-20-15-6-4-5-7-16(15)21-11-17(19)22-14-9-8-13(18)10-12(14)2/h4-10H,3,11H2,1-2H3. The average Bonchev–Trinajstić information content (AvgIpc) is 2.49. The van der Waals surface area contributed by atoms with Crippen molar-refractivity contribution >= 4 is 17.6 Å². The fourth-order valence-corrected chi connectivity index (χ4v) is 2.09. The largest absolute Gasteiger partial charge is 0.490 e.